The quantitative estimate of drug-likeness (QED) is 0.832. The van der Waals surface area contributed by atoms with E-state index >= 15 is 0 Å². The van der Waals surface area contributed by atoms with Crippen LogP contribution in [-0.2, 0) is 0 Å². The van der Waals surface area contributed by atoms with Crippen LogP contribution in [0, 0.1) is 5.82 Å². The highest BCUT2D eigenvalue weighted by molar-refractivity contribution is 5.20. The fourth-order valence-electron chi connectivity index (χ4n) is 2.41. The fourth-order valence-corrected chi connectivity index (χ4v) is 2.41. The van der Waals surface area contributed by atoms with Crippen molar-refractivity contribution in [2.45, 2.75) is 25.0 Å². The normalized spacial score (nSPS) is 22.9. The molecule has 1 saturated heterocycles. The summed E-state index contributed by atoms with van der Waals surface area (Å²) in [5, 5.41) is 19.2. The van der Waals surface area contributed by atoms with Gasteiger partial charge in [-0.1, -0.05) is 18.2 Å². The zero-order valence-electron chi connectivity index (χ0n) is 9.72. The number of aliphatic hydroxyl groups excluding tert-OH is 2. The molecule has 1 heterocycles. The number of benzene rings is 1. The summed E-state index contributed by atoms with van der Waals surface area (Å²) >= 11 is 0. The maximum atomic E-state index is 13.5. The van der Waals surface area contributed by atoms with E-state index in [-0.39, 0.29) is 18.5 Å². The number of β-amino-alcohol motifs (C(OH)–C–C–N with tert-alkyl or cyclic N) is 1. The first-order valence-electron chi connectivity index (χ1n) is 5.99. The standard InChI is InChI=1S/C13H18FNO2/c14-12-6-2-1-5-11(12)13(17)8-15-7-3-4-10(15)9-16/h1-2,5-6,10,13,16-17H,3-4,7-9H2/t10-,13?/m1/s1. The molecule has 0 aliphatic carbocycles. The molecule has 0 radical (unpaired) electrons. The van der Waals surface area contributed by atoms with Gasteiger partial charge in [0.2, 0.25) is 0 Å². The number of nitrogens with zero attached hydrogens (tertiary/aromatic N) is 1. The highest BCUT2D eigenvalue weighted by Gasteiger charge is 2.26. The highest BCUT2D eigenvalue weighted by atomic mass is 19.1. The molecule has 1 unspecified atom stereocenters. The van der Waals surface area contributed by atoms with Gasteiger partial charge in [-0.3, -0.25) is 4.90 Å². The van der Waals surface area contributed by atoms with Crippen molar-refractivity contribution in [3.63, 3.8) is 0 Å². The lowest BCUT2D eigenvalue weighted by atomic mass is 10.1. The van der Waals surface area contributed by atoms with Crippen LogP contribution in [0.3, 0.4) is 0 Å². The summed E-state index contributed by atoms with van der Waals surface area (Å²) < 4.78 is 13.5. The van der Waals surface area contributed by atoms with Crippen molar-refractivity contribution in [1.82, 2.24) is 4.90 Å². The van der Waals surface area contributed by atoms with Crippen LogP contribution in [0.15, 0.2) is 24.3 Å². The Kier molecular flexibility index (Phi) is 4.10. The molecule has 1 aliphatic heterocycles. The first kappa shape index (κ1) is 12.5. The van der Waals surface area contributed by atoms with Gasteiger partial charge >= 0.3 is 0 Å². The number of likely N-dealkylation sites (tertiary alicyclic amines) is 1. The van der Waals surface area contributed by atoms with Gasteiger partial charge in [-0.2, -0.15) is 0 Å². The van der Waals surface area contributed by atoms with E-state index in [1.807, 2.05) is 4.90 Å². The molecule has 0 amide bonds. The topological polar surface area (TPSA) is 43.7 Å². The molecule has 2 rings (SSSR count). The lowest BCUT2D eigenvalue weighted by Gasteiger charge is -2.25. The molecule has 0 aromatic heterocycles. The number of hydrogen-bond acceptors (Lipinski definition) is 3. The number of halogens is 1. The van der Waals surface area contributed by atoms with Crippen LogP contribution in [-0.4, -0.2) is 40.9 Å². The molecule has 0 spiro atoms. The minimum Gasteiger partial charge on any atom is -0.395 e. The van der Waals surface area contributed by atoms with Crippen molar-refractivity contribution >= 4 is 0 Å². The van der Waals surface area contributed by atoms with Gasteiger partial charge in [0.25, 0.3) is 0 Å². The predicted octanol–water partition coefficient (Wildman–Crippen LogP) is 1.32. The van der Waals surface area contributed by atoms with E-state index in [9.17, 15) is 14.6 Å². The summed E-state index contributed by atoms with van der Waals surface area (Å²) in [7, 11) is 0. The maximum absolute atomic E-state index is 13.5. The van der Waals surface area contributed by atoms with Crippen molar-refractivity contribution in [3.8, 4) is 0 Å². The number of aliphatic hydroxyl groups is 2. The van der Waals surface area contributed by atoms with Crippen molar-refractivity contribution in [2.75, 3.05) is 19.7 Å². The van der Waals surface area contributed by atoms with Crippen molar-refractivity contribution in [1.29, 1.82) is 0 Å². The summed E-state index contributed by atoms with van der Waals surface area (Å²) in [5.41, 5.74) is 0.330. The smallest absolute Gasteiger partial charge is 0.129 e. The predicted molar refractivity (Wildman–Crippen MR) is 63.0 cm³/mol. The molecular weight excluding hydrogens is 221 g/mol. The molecule has 4 heteroatoms. The molecular formula is C13H18FNO2. The average molecular weight is 239 g/mol. The van der Waals surface area contributed by atoms with E-state index in [4.69, 9.17) is 0 Å². The van der Waals surface area contributed by atoms with Gasteiger partial charge in [-0.25, -0.2) is 4.39 Å². The van der Waals surface area contributed by atoms with Crippen LogP contribution in [0.4, 0.5) is 4.39 Å². The Morgan fingerprint density at radius 3 is 2.88 bits per heavy atom. The van der Waals surface area contributed by atoms with Gasteiger partial charge in [0.05, 0.1) is 12.7 Å². The highest BCUT2D eigenvalue weighted by Crippen LogP contribution is 2.23. The van der Waals surface area contributed by atoms with Gasteiger partial charge in [0.1, 0.15) is 5.82 Å². The van der Waals surface area contributed by atoms with E-state index < -0.39 is 6.10 Å². The molecule has 0 bridgehead atoms. The van der Waals surface area contributed by atoms with Crippen molar-refractivity contribution in [3.05, 3.63) is 35.6 Å². The third-order valence-corrected chi connectivity index (χ3v) is 3.38. The minimum absolute atomic E-state index is 0.101. The summed E-state index contributed by atoms with van der Waals surface area (Å²) in [5.74, 6) is -0.375. The zero-order valence-corrected chi connectivity index (χ0v) is 9.72. The molecule has 3 nitrogen and oxygen atoms in total. The third kappa shape index (κ3) is 2.83. The van der Waals surface area contributed by atoms with Crippen molar-refractivity contribution in [2.24, 2.45) is 0 Å². The molecule has 0 saturated carbocycles. The number of hydrogen-bond donors (Lipinski definition) is 2. The van der Waals surface area contributed by atoms with Crippen LogP contribution in [0.2, 0.25) is 0 Å². The van der Waals surface area contributed by atoms with E-state index in [2.05, 4.69) is 0 Å². The Morgan fingerprint density at radius 1 is 1.41 bits per heavy atom. The summed E-state index contributed by atoms with van der Waals surface area (Å²) in [6, 6.07) is 6.39. The summed E-state index contributed by atoms with van der Waals surface area (Å²) in [6.45, 7) is 1.34. The molecule has 2 N–H and O–H groups in total. The third-order valence-electron chi connectivity index (χ3n) is 3.38. The van der Waals surface area contributed by atoms with E-state index in [1.54, 1.807) is 18.2 Å². The first-order chi connectivity index (χ1) is 8.22. The van der Waals surface area contributed by atoms with E-state index in [0.29, 0.717) is 12.1 Å². The zero-order chi connectivity index (χ0) is 12.3. The summed E-state index contributed by atoms with van der Waals surface area (Å²) in [4.78, 5) is 2.02. The maximum Gasteiger partial charge on any atom is 0.129 e. The summed E-state index contributed by atoms with van der Waals surface area (Å²) in [6.07, 6.45) is 1.14. The average Bonchev–Trinajstić information content (AvgIpc) is 2.76. The van der Waals surface area contributed by atoms with Gasteiger partial charge in [0, 0.05) is 18.2 Å². The largest absolute Gasteiger partial charge is 0.395 e. The molecule has 1 aromatic carbocycles. The lowest BCUT2D eigenvalue weighted by Crippen LogP contribution is -2.35. The minimum atomic E-state index is -0.830. The Morgan fingerprint density at radius 2 is 2.18 bits per heavy atom. The second-order valence-corrected chi connectivity index (χ2v) is 4.51. The monoisotopic (exact) mass is 239 g/mol. The van der Waals surface area contributed by atoms with Gasteiger partial charge in [-0.05, 0) is 25.5 Å². The Hall–Kier alpha value is -0.970. The van der Waals surface area contributed by atoms with Crippen LogP contribution in [0.1, 0.15) is 24.5 Å². The fraction of sp³-hybridized carbons (Fsp3) is 0.538. The van der Waals surface area contributed by atoms with E-state index in [0.717, 1.165) is 19.4 Å². The lowest BCUT2D eigenvalue weighted by molar-refractivity contribution is 0.0830. The Bertz CT molecular complexity index is 372. The van der Waals surface area contributed by atoms with E-state index in [1.165, 1.54) is 6.07 Å². The van der Waals surface area contributed by atoms with Crippen LogP contribution in [0.5, 0.6) is 0 Å². The molecule has 1 aliphatic rings. The van der Waals surface area contributed by atoms with Crippen LogP contribution >= 0.6 is 0 Å². The molecule has 1 fully saturated rings. The van der Waals surface area contributed by atoms with Gasteiger partial charge in [0.15, 0.2) is 0 Å². The van der Waals surface area contributed by atoms with Gasteiger partial charge in [-0.15, -0.1) is 0 Å². The Balaban J connectivity index is 2.01. The molecule has 1 aromatic rings. The van der Waals surface area contributed by atoms with Crippen LogP contribution < -0.4 is 0 Å². The van der Waals surface area contributed by atoms with Crippen molar-refractivity contribution < 1.29 is 14.6 Å². The number of rotatable bonds is 4. The molecule has 17 heavy (non-hydrogen) atoms. The second kappa shape index (κ2) is 5.58. The molecule has 94 valence electrons. The van der Waals surface area contributed by atoms with Gasteiger partial charge < -0.3 is 10.2 Å². The second-order valence-electron chi connectivity index (χ2n) is 4.51. The SMILES string of the molecule is OC[C@H]1CCCN1CC(O)c1ccccc1F. The van der Waals surface area contributed by atoms with Crippen LogP contribution in [0.25, 0.3) is 0 Å². The first-order valence-corrected chi connectivity index (χ1v) is 5.99. The molecule has 2 atom stereocenters. The Labute approximate surface area is 100 Å².